The van der Waals surface area contributed by atoms with Crippen molar-refractivity contribution in [3.63, 3.8) is 0 Å². The molecule has 0 radical (unpaired) electrons. The van der Waals surface area contributed by atoms with Gasteiger partial charge in [-0.1, -0.05) is 11.8 Å². The third-order valence-electron chi connectivity index (χ3n) is 6.61. The van der Waals surface area contributed by atoms with Crippen LogP contribution >= 0.6 is 11.8 Å². The number of hydrogen-bond acceptors (Lipinski definition) is 5. The highest BCUT2D eigenvalue weighted by atomic mass is 32.2. The van der Waals surface area contributed by atoms with Gasteiger partial charge in [-0.3, -0.25) is 10.1 Å². The number of imide groups is 1. The fourth-order valence-corrected chi connectivity index (χ4v) is 6.50. The first-order valence-corrected chi connectivity index (χ1v) is 11.4. The zero-order valence-corrected chi connectivity index (χ0v) is 17.3. The van der Waals surface area contributed by atoms with E-state index in [0.29, 0.717) is 16.5 Å². The minimum atomic E-state index is -0.401. The van der Waals surface area contributed by atoms with E-state index in [-0.39, 0.29) is 23.0 Å². The average Bonchev–Trinajstić information content (AvgIpc) is 3.14. The first-order chi connectivity index (χ1) is 14.5. The molecule has 4 bridgehead atoms. The number of oxazole rings is 1. The van der Waals surface area contributed by atoms with Gasteiger partial charge in [-0.05, 0) is 80.5 Å². The summed E-state index contributed by atoms with van der Waals surface area (Å²) in [6, 6.07) is 5.50. The quantitative estimate of drug-likeness (QED) is 0.690. The first kappa shape index (κ1) is 19.6. The van der Waals surface area contributed by atoms with Crippen molar-refractivity contribution in [2.45, 2.75) is 49.3 Å². The van der Waals surface area contributed by atoms with E-state index in [2.05, 4.69) is 15.6 Å². The molecule has 4 aliphatic carbocycles. The molecule has 0 spiro atoms. The molecule has 0 unspecified atom stereocenters. The molecule has 3 amide bonds. The number of carbonyl (C=O) groups is 2. The highest BCUT2D eigenvalue weighted by Crippen LogP contribution is 2.55. The number of halogens is 1. The van der Waals surface area contributed by atoms with Crippen LogP contribution in [-0.2, 0) is 4.79 Å². The van der Waals surface area contributed by atoms with Crippen LogP contribution in [0.4, 0.5) is 9.18 Å². The summed E-state index contributed by atoms with van der Waals surface area (Å²) in [6.45, 7) is 0. The van der Waals surface area contributed by atoms with Gasteiger partial charge in [-0.15, -0.1) is 0 Å². The topological polar surface area (TPSA) is 84.2 Å². The lowest BCUT2D eigenvalue weighted by atomic mass is 9.53. The van der Waals surface area contributed by atoms with Gasteiger partial charge in [0.05, 0.1) is 11.9 Å². The van der Waals surface area contributed by atoms with Crippen molar-refractivity contribution in [2.24, 2.45) is 17.8 Å². The lowest BCUT2D eigenvalue weighted by molar-refractivity contribution is -0.117. The maximum atomic E-state index is 13.0. The van der Waals surface area contributed by atoms with Crippen molar-refractivity contribution in [2.75, 3.05) is 5.75 Å². The number of nitrogens with zero attached hydrogens (tertiary/aromatic N) is 1. The summed E-state index contributed by atoms with van der Waals surface area (Å²) in [4.78, 5) is 28.8. The maximum Gasteiger partial charge on any atom is 0.321 e. The molecule has 2 aromatic rings. The second kappa shape index (κ2) is 7.72. The molecule has 6 nitrogen and oxygen atoms in total. The summed E-state index contributed by atoms with van der Waals surface area (Å²) in [5, 5.41) is 5.91. The Morgan fingerprint density at radius 3 is 2.37 bits per heavy atom. The molecule has 1 aromatic carbocycles. The molecule has 0 aliphatic heterocycles. The average molecular weight is 430 g/mol. The zero-order chi connectivity index (χ0) is 20.7. The second-order valence-electron chi connectivity index (χ2n) is 8.99. The maximum absolute atomic E-state index is 13.0. The zero-order valence-electron chi connectivity index (χ0n) is 16.5. The predicted molar refractivity (Wildman–Crippen MR) is 110 cm³/mol. The lowest BCUT2D eigenvalue weighted by Crippen LogP contribution is -2.61. The van der Waals surface area contributed by atoms with E-state index in [0.717, 1.165) is 48.8 Å². The second-order valence-corrected chi connectivity index (χ2v) is 9.91. The largest absolute Gasteiger partial charge is 0.431 e. The number of amides is 3. The minimum Gasteiger partial charge on any atom is -0.431 e. The number of nitrogens with one attached hydrogen (secondary N) is 2. The molecular formula is C22H24FN3O3S. The normalized spacial score (nSPS) is 29.0. The Kier molecular flexibility index (Phi) is 5.05. The molecule has 4 fully saturated rings. The fraction of sp³-hybridized carbons (Fsp3) is 0.500. The molecule has 30 heavy (non-hydrogen) atoms. The minimum absolute atomic E-state index is 0.0255. The molecule has 158 valence electrons. The Hall–Kier alpha value is -2.35. The van der Waals surface area contributed by atoms with Crippen molar-refractivity contribution in [1.82, 2.24) is 15.6 Å². The van der Waals surface area contributed by atoms with Gasteiger partial charge in [-0.2, -0.15) is 0 Å². The van der Waals surface area contributed by atoms with E-state index < -0.39 is 6.03 Å². The predicted octanol–water partition coefficient (Wildman–Crippen LogP) is 4.37. The number of hydrogen-bond donors (Lipinski definition) is 2. The van der Waals surface area contributed by atoms with Crippen LogP contribution in [0.5, 0.6) is 0 Å². The van der Waals surface area contributed by atoms with E-state index >= 15 is 0 Å². The van der Waals surface area contributed by atoms with Gasteiger partial charge >= 0.3 is 6.03 Å². The van der Waals surface area contributed by atoms with Crippen molar-refractivity contribution < 1.29 is 18.4 Å². The summed E-state index contributed by atoms with van der Waals surface area (Å²) >= 11 is 1.12. The van der Waals surface area contributed by atoms with Crippen LogP contribution < -0.4 is 10.6 Å². The third-order valence-corrected chi connectivity index (χ3v) is 7.45. The molecule has 1 heterocycles. The molecule has 4 saturated carbocycles. The van der Waals surface area contributed by atoms with Crippen LogP contribution in [0.1, 0.15) is 38.5 Å². The van der Waals surface area contributed by atoms with Crippen LogP contribution in [0.15, 0.2) is 40.1 Å². The molecule has 8 heteroatoms. The molecule has 0 atom stereocenters. The number of carbonyl (C=O) groups excluding carboxylic acids is 2. The first-order valence-electron chi connectivity index (χ1n) is 10.4. The number of benzene rings is 1. The van der Waals surface area contributed by atoms with Crippen LogP contribution in [0, 0.1) is 23.6 Å². The van der Waals surface area contributed by atoms with Crippen LogP contribution in [-0.4, -0.2) is 28.2 Å². The smallest absolute Gasteiger partial charge is 0.321 e. The highest BCUT2D eigenvalue weighted by Gasteiger charge is 2.51. The fourth-order valence-electron chi connectivity index (χ4n) is 5.90. The Morgan fingerprint density at radius 2 is 1.73 bits per heavy atom. The Bertz CT molecular complexity index is 924. The summed E-state index contributed by atoms with van der Waals surface area (Å²) in [6.07, 6.45) is 8.55. The van der Waals surface area contributed by atoms with Gasteiger partial charge in [0.2, 0.25) is 5.91 Å². The Morgan fingerprint density at radius 1 is 1.10 bits per heavy atom. The molecular weight excluding hydrogens is 405 g/mol. The van der Waals surface area contributed by atoms with Crippen LogP contribution in [0.25, 0.3) is 11.3 Å². The van der Waals surface area contributed by atoms with Crippen molar-refractivity contribution in [3.05, 3.63) is 36.3 Å². The number of thioether (sulfide) groups is 1. The van der Waals surface area contributed by atoms with Crippen molar-refractivity contribution in [1.29, 1.82) is 0 Å². The molecule has 4 aliphatic rings. The third kappa shape index (κ3) is 4.10. The van der Waals surface area contributed by atoms with Crippen LogP contribution in [0.2, 0.25) is 0 Å². The number of urea groups is 1. The summed E-state index contributed by atoms with van der Waals surface area (Å²) < 4.78 is 18.6. The van der Waals surface area contributed by atoms with E-state index in [1.807, 2.05) is 0 Å². The van der Waals surface area contributed by atoms with E-state index in [1.54, 1.807) is 12.1 Å². The summed E-state index contributed by atoms with van der Waals surface area (Å²) in [5.41, 5.74) is 0.578. The van der Waals surface area contributed by atoms with E-state index in [9.17, 15) is 14.0 Å². The van der Waals surface area contributed by atoms with Gasteiger partial charge in [0.1, 0.15) is 5.82 Å². The standard InChI is InChI=1S/C22H24FN3O3S/c23-17-3-1-16(2-4-17)18-11-24-21(29-18)30-12-19(27)25-20(28)26-22-8-13-5-14(9-22)7-15(6-13)10-22/h1-4,11,13-15H,5-10,12H2,(H2,25,26,27,28). The molecule has 6 rings (SSSR count). The van der Waals surface area contributed by atoms with Crippen LogP contribution in [0.3, 0.4) is 0 Å². The number of rotatable bonds is 5. The van der Waals surface area contributed by atoms with Gasteiger partial charge in [-0.25, -0.2) is 14.2 Å². The van der Waals surface area contributed by atoms with Crippen molar-refractivity contribution in [3.8, 4) is 11.3 Å². The van der Waals surface area contributed by atoms with Gasteiger partial charge < -0.3 is 9.73 Å². The lowest BCUT2D eigenvalue weighted by Gasteiger charge is -2.56. The molecule has 2 N–H and O–H groups in total. The van der Waals surface area contributed by atoms with E-state index in [4.69, 9.17) is 4.42 Å². The Balaban J connectivity index is 1.12. The van der Waals surface area contributed by atoms with Crippen molar-refractivity contribution >= 4 is 23.7 Å². The Labute approximate surface area is 178 Å². The van der Waals surface area contributed by atoms with Gasteiger partial charge in [0.15, 0.2) is 5.76 Å². The van der Waals surface area contributed by atoms with Gasteiger partial charge in [0.25, 0.3) is 5.22 Å². The highest BCUT2D eigenvalue weighted by molar-refractivity contribution is 7.99. The summed E-state index contributed by atoms with van der Waals surface area (Å²) in [5.74, 6) is 1.99. The van der Waals surface area contributed by atoms with Gasteiger partial charge in [0, 0.05) is 11.1 Å². The van der Waals surface area contributed by atoms with E-state index in [1.165, 1.54) is 37.6 Å². The SMILES string of the molecule is O=C(CSc1ncc(-c2ccc(F)cc2)o1)NC(=O)NC12CC3CC(CC(C3)C1)C2. The summed E-state index contributed by atoms with van der Waals surface area (Å²) in [7, 11) is 0. The number of aromatic nitrogens is 1. The monoisotopic (exact) mass is 429 g/mol. The molecule has 1 aromatic heterocycles. The molecule has 0 saturated heterocycles.